The van der Waals surface area contributed by atoms with Crippen LogP contribution in [0.3, 0.4) is 0 Å². The summed E-state index contributed by atoms with van der Waals surface area (Å²) in [5, 5.41) is 4.11. The number of piperazine rings is 1. The number of carbonyl (C=O) groups is 1. The maximum atomic E-state index is 12.5. The van der Waals surface area contributed by atoms with E-state index >= 15 is 0 Å². The molecule has 1 amide bonds. The maximum Gasteiger partial charge on any atom is 0.241 e. The Kier molecular flexibility index (Phi) is 7.17. The minimum Gasteiger partial charge on any atom is -0.338 e. The second-order valence-electron chi connectivity index (χ2n) is 7.80. The average Bonchev–Trinajstić information content (AvgIpc) is 3.16. The summed E-state index contributed by atoms with van der Waals surface area (Å²) in [7, 11) is 0. The SMILES string of the molecule is C=C(C)CN(CC)C(=O)CN1CCN(Cc2nc(-c3ccc(C)cc3)no2)CC1. The molecule has 7 heteroatoms. The second-order valence-corrected chi connectivity index (χ2v) is 7.80. The lowest BCUT2D eigenvalue weighted by molar-refractivity contribution is -0.132. The molecule has 0 atom stereocenters. The molecule has 29 heavy (non-hydrogen) atoms. The third-order valence-electron chi connectivity index (χ3n) is 5.16. The lowest BCUT2D eigenvalue weighted by Gasteiger charge is -2.34. The number of hydrogen-bond acceptors (Lipinski definition) is 6. The van der Waals surface area contributed by atoms with Crippen molar-refractivity contribution in [1.29, 1.82) is 0 Å². The van der Waals surface area contributed by atoms with Crippen molar-refractivity contribution in [3.05, 3.63) is 47.9 Å². The van der Waals surface area contributed by atoms with E-state index in [1.54, 1.807) is 0 Å². The summed E-state index contributed by atoms with van der Waals surface area (Å²) in [6.45, 7) is 15.8. The fraction of sp³-hybridized carbons (Fsp3) is 0.500. The maximum absolute atomic E-state index is 12.5. The van der Waals surface area contributed by atoms with Crippen LogP contribution >= 0.6 is 0 Å². The Morgan fingerprint density at radius 3 is 2.45 bits per heavy atom. The highest BCUT2D eigenvalue weighted by Crippen LogP contribution is 2.17. The van der Waals surface area contributed by atoms with Gasteiger partial charge in [-0.15, -0.1) is 0 Å². The van der Waals surface area contributed by atoms with E-state index in [4.69, 9.17) is 4.52 Å². The van der Waals surface area contributed by atoms with Crippen LogP contribution in [0, 0.1) is 6.92 Å². The summed E-state index contributed by atoms with van der Waals surface area (Å²) in [6, 6.07) is 8.10. The van der Waals surface area contributed by atoms with Crippen molar-refractivity contribution in [2.75, 3.05) is 45.8 Å². The van der Waals surface area contributed by atoms with E-state index in [0.717, 1.165) is 37.3 Å². The number of aryl methyl sites for hydroxylation is 1. The molecule has 0 unspecified atom stereocenters. The largest absolute Gasteiger partial charge is 0.338 e. The molecule has 2 heterocycles. The first kappa shape index (κ1) is 21.2. The third kappa shape index (κ3) is 5.98. The number of carbonyl (C=O) groups excluding carboxylic acids is 1. The van der Waals surface area contributed by atoms with Gasteiger partial charge in [-0.25, -0.2) is 0 Å². The highest BCUT2D eigenvalue weighted by molar-refractivity contribution is 5.78. The molecule has 1 aliphatic rings. The number of hydrogen-bond donors (Lipinski definition) is 0. The van der Waals surface area contributed by atoms with E-state index in [2.05, 4.69) is 33.4 Å². The van der Waals surface area contributed by atoms with Crippen molar-refractivity contribution in [2.24, 2.45) is 0 Å². The Balaban J connectivity index is 1.47. The number of amides is 1. The van der Waals surface area contributed by atoms with Gasteiger partial charge in [-0.3, -0.25) is 14.6 Å². The molecule has 1 aromatic carbocycles. The summed E-state index contributed by atoms with van der Waals surface area (Å²) in [4.78, 5) is 23.4. The zero-order valence-corrected chi connectivity index (χ0v) is 17.7. The van der Waals surface area contributed by atoms with Gasteiger partial charge in [0.05, 0.1) is 13.1 Å². The van der Waals surface area contributed by atoms with Crippen molar-refractivity contribution >= 4 is 5.91 Å². The minimum absolute atomic E-state index is 0.170. The van der Waals surface area contributed by atoms with Crippen molar-refractivity contribution in [2.45, 2.75) is 27.3 Å². The fourth-order valence-electron chi connectivity index (χ4n) is 3.43. The molecule has 0 saturated carbocycles. The van der Waals surface area contributed by atoms with Crippen LogP contribution in [0.1, 0.15) is 25.3 Å². The number of aromatic nitrogens is 2. The molecule has 7 nitrogen and oxygen atoms in total. The number of nitrogens with zero attached hydrogens (tertiary/aromatic N) is 5. The van der Waals surface area contributed by atoms with Crippen molar-refractivity contribution in [3.8, 4) is 11.4 Å². The normalized spacial score (nSPS) is 15.4. The quantitative estimate of drug-likeness (QED) is 0.638. The first-order valence-electron chi connectivity index (χ1n) is 10.2. The molecular formula is C22H31N5O2. The van der Waals surface area contributed by atoms with E-state index in [0.29, 0.717) is 37.9 Å². The summed E-state index contributed by atoms with van der Waals surface area (Å²) < 4.78 is 5.44. The number of benzene rings is 1. The molecule has 3 rings (SSSR count). The summed E-state index contributed by atoms with van der Waals surface area (Å²) in [5.41, 5.74) is 3.18. The van der Waals surface area contributed by atoms with E-state index in [9.17, 15) is 4.79 Å². The van der Waals surface area contributed by atoms with Gasteiger partial charge in [0.25, 0.3) is 0 Å². The van der Waals surface area contributed by atoms with Crippen LogP contribution in [0.15, 0.2) is 40.9 Å². The predicted octanol–water partition coefficient (Wildman–Crippen LogP) is 2.59. The van der Waals surface area contributed by atoms with Crippen LogP contribution in [-0.4, -0.2) is 76.6 Å². The Morgan fingerprint density at radius 2 is 1.83 bits per heavy atom. The standard InChI is InChI=1S/C22H31N5O2/c1-5-27(14-17(2)3)21(28)16-26-12-10-25(11-13-26)15-20-23-22(24-29-20)19-8-6-18(4)7-9-19/h6-9H,2,5,10-16H2,1,3-4H3. The van der Waals surface area contributed by atoms with Gasteiger partial charge in [-0.1, -0.05) is 47.1 Å². The first-order valence-corrected chi connectivity index (χ1v) is 10.2. The van der Waals surface area contributed by atoms with Gasteiger partial charge >= 0.3 is 0 Å². The molecule has 0 N–H and O–H groups in total. The van der Waals surface area contributed by atoms with E-state index in [-0.39, 0.29) is 5.91 Å². The van der Waals surface area contributed by atoms with Crippen LogP contribution in [-0.2, 0) is 11.3 Å². The highest BCUT2D eigenvalue weighted by Gasteiger charge is 2.22. The van der Waals surface area contributed by atoms with Crippen LogP contribution in [0.25, 0.3) is 11.4 Å². The summed E-state index contributed by atoms with van der Waals surface area (Å²) in [5.74, 6) is 1.42. The number of likely N-dealkylation sites (N-methyl/N-ethyl adjacent to an activating group) is 1. The van der Waals surface area contributed by atoms with Gasteiger partial charge in [0, 0.05) is 44.8 Å². The molecule has 1 fully saturated rings. The smallest absolute Gasteiger partial charge is 0.241 e. The van der Waals surface area contributed by atoms with Crippen molar-refractivity contribution in [1.82, 2.24) is 24.8 Å². The zero-order valence-electron chi connectivity index (χ0n) is 17.7. The van der Waals surface area contributed by atoms with Gasteiger partial charge < -0.3 is 9.42 Å². The second kappa shape index (κ2) is 9.80. The monoisotopic (exact) mass is 397 g/mol. The minimum atomic E-state index is 0.170. The molecule has 2 aromatic rings. The van der Waals surface area contributed by atoms with E-state index in [1.807, 2.05) is 43.0 Å². The number of rotatable bonds is 8. The van der Waals surface area contributed by atoms with Gasteiger partial charge in [0.1, 0.15) is 0 Å². The molecule has 1 aliphatic heterocycles. The van der Waals surface area contributed by atoms with Gasteiger partial charge in [-0.2, -0.15) is 4.98 Å². The van der Waals surface area contributed by atoms with Crippen molar-refractivity contribution in [3.63, 3.8) is 0 Å². The molecule has 0 spiro atoms. The van der Waals surface area contributed by atoms with E-state index < -0.39 is 0 Å². The molecule has 0 radical (unpaired) electrons. The summed E-state index contributed by atoms with van der Waals surface area (Å²) >= 11 is 0. The van der Waals surface area contributed by atoms with Gasteiger partial charge in [0.15, 0.2) is 0 Å². The van der Waals surface area contributed by atoms with Crippen LogP contribution in [0.2, 0.25) is 0 Å². The van der Waals surface area contributed by atoms with Crippen LogP contribution in [0.5, 0.6) is 0 Å². The lowest BCUT2D eigenvalue weighted by atomic mass is 10.1. The Labute approximate surface area is 173 Å². The predicted molar refractivity (Wildman–Crippen MR) is 113 cm³/mol. The van der Waals surface area contributed by atoms with Crippen molar-refractivity contribution < 1.29 is 9.32 Å². The summed E-state index contributed by atoms with van der Waals surface area (Å²) in [6.07, 6.45) is 0. The fourth-order valence-corrected chi connectivity index (χ4v) is 3.43. The molecular weight excluding hydrogens is 366 g/mol. The first-order chi connectivity index (χ1) is 13.9. The Morgan fingerprint density at radius 1 is 1.17 bits per heavy atom. The highest BCUT2D eigenvalue weighted by atomic mass is 16.5. The molecule has 1 saturated heterocycles. The molecule has 0 bridgehead atoms. The van der Waals surface area contributed by atoms with E-state index in [1.165, 1.54) is 5.56 Å². The van der Waals surface area contributed by atoms with Gasteiger partial charge in [0.2, 0.25) is 17.6 Å². The van der Waals surface area contributed by atoms with Gasteiger partial charge in [-0.05, 0) is 20.8 Å². The molecule has 0 aliphatic carbocycles. The molecule has 1 aromatic heterocycles. The zero-order chi connectivity index (χ0) is 20.8. The Hall–Kier alpha value is -2.51. The Bertz CT molecular complexity index is 822. The topological polar surface area (TPSA) is 65.7 Å². The van der Waals surface area contributed by atoms with Crippen LogP contribution < -0.4 is 0 Å². The lowest BCUT2D eigenvalue weighted by Crippen LogP contribution is -2.49. The molecule has 156 valence electrons. The van der Waals surface area contributed by atoms with Crippen LogP contribution in [0.4, 0.5) is 0 Å². The average molecular weight is 398 g/mol. The third-order valence-corrected chi connectivity index (χ3v) is 5.16.